The quantitative estimate of drug-likeness (QED) is 0.882. The van der Waals surface area contributed by atoms with E-state index in [0.717, 1.165) is 38.3 Å². The van der Waals surface area contributed by atoms with E-state index in [1.165, 1.54) is 24.8 Å². The van der Waals surface area contributed by atoms with Crippen molar-refractivity contribution in [2.24, 2.45) is 28.4 Å². The summed E-state index contributed by atoms with van der Waals surface area (Å²) in [5.74, 6) is 1.79. The first-order chi connectivity index (χ1) is 12.3. The summed E-state index contributed by atoms with van der Waals surface area (Å²) in [5.41, 5.74) is 7.99. The molecule has 4 unspecified atom stereocenters. The highest BCUT2D eigenvalue weighted by Gasteiger charge is 2.68. The molecule has 1 aromatic rings. The number of amides is 1. The number of carbonyl (C=O) groups is 1. The van der Waals surface area contributed by atoms with Crippen molar-refractivity contribution in [1.82, 2.24) is 4.90 Å². The highest BCUT2D eigenvalue weighted by Crippen LogP contribution is 2.71. The van der Waals surface area contributed by atoms with Crippen LogP contribution in [-0.4, -0.2) is 29.9 Å². The van der Waals surface area contributed by atoms with E-state index in [0.29, 0.717) is 11.8 Å². The molecule has 3 nitrogen and oxygen atoms in total. The van der Waals surface area contributed by atoms with Gasteiger partial charge in [-0.15, -0.1) is 0 Å². The molecule has 4 saturated carbocycles. The highest BCUT2D eigenvalue weighted by molar-refractivity contribution is 5.85. The third-order valence-corrected chi connectivity index (χ3v) is 8.43. The lowest BCUT2D eigenvalue weighted by Gasteiger charge is -2.47. The summed E-state index contributed by atoms with van der Waals surface area (Å²) in [6.45, 7) is 6.11. The van der Waals surface area contributed by atoms with E-state index >= 15 is 0 Å². The Morgan fingerprint density at radius 1 is 1.15 bits per heavy atom. The van der Waals surface area contributed by atoms with Crippen molar-refractivity contribution in [3.63, 3.8) is 0 Å². The van der Waals surface area contributed by atoms with Gasteiger partial charge in [0, 0.05) is 19.1 Å². The van der Waals surface area contributed by atoms with Crippen LogP contribution in [0.4, 0.5) is 0 Å². The van der Waals surface area contributed by atoms with Gasteiger partial charge in [-0.2, -0.15) is 0 Å². The van der Waals surface area contributed by atoms with Gasteiger partial charge in [-0.05, 0) is 66.8 Å². The fraction of sp³-hybridized carbons (Fsp3) is 0.696. The van der Waals surface area contributed by atoms with Crippen molar-refractivity contribution >= 4 is 5.91 Å². The first-order valence-corrected chi connectivity index (χ1v) is 10.5. The van der Waals surface area contributed by atoms with Gasteiger partial charge in [-0.25, -0.2) is 0 Å². The van der Waals surface area contributed by atoms with Crippen molar-refractivity contribution < 1.29 is 4.79 Å². The normalized spacial score (nSPS) is 43.0. The molecular formula is C23H32N2O. The molecule has 5 aliphatic rings. The first-order valence-electron chi connectivity index (χ1n) is 10.5. The standard InChI is InChI=1S/C23H32N2O/c1-21(2)15-25(9-8-19(21)24)20(26)23-12-16-10-18(23)13-22(11-16,14-23)17-6-4-3-5-7-17/h3-7,16,18-19H,8-15,24H2,1-2H3/t16?,18?,19-,22?,23?/m0/s1. The maximum Gasteiger partial charge on any atom is 0.229 e. The van der Waals surface area contributed by atoms with Crippen LogP contribution in [0.15, 0.2) is 30.3 Å². The molecule has 5 atom stereocenters. The SMILES string of the molecule is CC1(C)CN(C(=O)C23CC4CC2CC(c2ccccc2)(C4)C3)CC[C@@H]1N. The Morgan fingerprint density at radius 2 is 1.92 bits per heavy atom. The number of nitrogens with two attached hydrogens (primary N) is 1. The minimum atomic E-state index is -0.0870. The third-order valence-electron chi connectivity index (χ3n) is 8.43. The van der Waals surface area contributed by atoms with Gasteiger partial charge in [0.25, 0.3) is 0 Å². The maximum absolute atomic E-state index is 13.8. The summed E-state index contributed by atoms with van der Waals surface area (Å²) in [5, 5.41) is 0. The van der Waals surface area contributed by atoms with Crippen LogP contribution >= 0.6 is 0 Å². The Balaban J connectivity index is 1.46. The van der Waals surface area contributed by atoms with Crippen LogP contribution in [0.5, 0.6) is 0 Å². The summed E-state index contributed by atoms with van der Waals surface area (Å²) in [7, 11) is 0. The van der Waals surface area contributed by atoms with Gasteiger partial charge >= 0.3 is 0 Å². The van der Waals surface area contributed by atoms with Gasteiger partial charge in [0.2, 0.25) is 5.91 Å². The molecule has 1 heterocycles. The number of likely N-dealkylation sites (tertiary alicyclic amines) is 1. The van der Waals surface area contributed by atoms with Crippen molar-refractivity contribution in [3.05, 3.63) is 35.9 Å². The molecule has 4 bridgehead atoms. The Kier molecular flexibility index (Phi) is 3.45. The van der Waals surface area contributed by atoms with Crippen LogP contribution in [0.3, 0.4) is 0 Å². The van der Waals surface area contributed by atoms with Crippen LogP contribution in [0, 0.1) is 22.7 Å². The molecule has 1 aromatic carbocycles. The molecule has 1 aliphatic heterocycles. The zero-order chi connectivity index (χ0) is 18.2. The molecule has 0 radical (unpaired) electrons. The molecular weight excluding hydrogens is 320 g/mol. The molecule has 2 N–H and O–H groups in total. The topological polar surface area (TPSA) is 46.3 Å². The number of rotatable bonds is 2. The molecule has 0 spiro atoms. The lowest BCUT2D eigenvalue weighted by Crippen LogP contribution is -2.57. The number of carbonyl (C=O) groups excluding carboxylic acids is 1. The molecule has 3 heteroatoms. The Morgan fingerprint density at radius 3 is 2.65 bits per heavy atom. The van der Waals surface area contributed by atoms with Crippen molar-refractivity contribution in [2.45, 2.75) is 63.8 Å². The predicted octanol–water partition coefficient (Wildman–Crippen LogP) is 3.72. The van der Waals surface area contributed by atoms with E-state index in [9.17, 15) is 4.79 Å². The molecule has 140 valence electrons. The van der Waals surface area contributed by atoms with Crippen molar-refractivity contribution in [3.8, 4) is 0 Å². The second-order valence-corrected chi connectivity index (χ2v) is 10.5. The molecule has 5 fully saturated rings. The summed E-state index contributed by atoms with van der Waals surface area (Å²) >= 11 is 0. The van der Waals surface area contributed by atoms with Crippen LogP contribution < -0.4 is 5.73 Å². The smallest absolute Gasteiger partial charge is 0.229 e. The minimum absolute atomic E-state index is 0.0251. The zero-order valence-electron chi connectivity index (χ0n) is 16.2. The Bertz CT molecular complexity index is 729. The van der Waals surface area contributed by atoms with E-state index in [2.05, 4.69) is 49.1 Å². The van der Waals surface area contributed by atoms with Gasteiger partial charge in [0.1, 0.15) is 0 Å². The van der Waals surface area contributed by atoms with E-state index in [1.54, 1.807) is 0 Å². The van der Waals surface area contributed by atoms with Crippen LogP contribution in [-0.2, 0) is 10.2 Å². The van der Waals surface area contributed by atoms with E-state index in [-0.39, 0.29) is 22.3 Å². The molecule has 1 saturated heterocycles. The van der Waals surface area contributed by atoms with Gasteiger partial charge in [0.15, 0.2) is 0 Å². The minimum Gasteiger partial charge on any atom is -0.342 e. The number of nitrogens with zero attached hydrogens (tertiary/aromatic N) is 1. The second kappa shape index (κ2) is 5.34. The van der Waals surface area contributed by atoms with E-state index < -0.39 is 0 Å². The Hall–Kier alpha value is -1.35. The van der Waals surface area contributed by atoms with Gasteiger partial charge < -0.3 is 10.6 Å². The van der Waals surface area contributed by atoms with Crippen LogP contribution in [0.1, 0.15) is 57.9 Å². The largest absolute Gasteiger partial charge is 0.342 e. The maximum atomic E-state index is 13.8. The van der Waals surface area contributed by atoms with Gasteiger partial charge in [-0.1, -0.05) is 44.2 Å². The molecule has 1 amide bonds. The lowest BCUT2D eigenvalue weighted by atomic mass is 9.63. The van der Waals surface area contributed by atoms with Crippen LogP contribution in [0.2, 0.25) is 0 Å². The second-order valence-electron chi connectivity index (χ2n) is 10.5. The Labute approximate surface area is 157 Å². The molecule has 6 rings (SSSR count). The van der Waals surface area contributed by atoms with Gasteiger partial charge in [-0.3, -0.25) is 4.79 Å². The number of piperidine rings is 1. The fourth-order valence-corrected chi connectivity index (χ4v) is 7.23. The molecule has 26 heavy (non-hydrogen) atoms. The highest BCUT2D eigenvalue weighted by atomic mass is 16.2. The van der Waals surface area contributed by atoms with Gasteiger partial charge in [0.05, 0.1) is 5.41 Å². The zero-order valence-corrected chi connectivity index (χ0v) is 16.2. The van der Waals surface area contributed by atoms with E-state index in [4.69, 9.17) is 5.73 Å². The monoisotopic (exact) mass is 352 g/mol. The number of hydrogen-bond donors (Lipinski definition) is 1. The summed E-state index contributed by atoms with van der Waals surface area (Å²) in [6, 6.07) is 11.2. The summed E-state index contributed by atoms with van der Waals surface area (Å²) < 4.78 is 0. The molecule has 0 aromatic heterocycles. The lowest BCUT2D eigenvalue weighted by molar-refractivity contribution is -0.148. The average Bonchev–Trinajstić information content (AvgIpc) is 3.01. The van der Waals surface area contributed by atoms with Crippen LogP contribution in [0.25, 0.3) is 0 Å². The van der Waals surface area contributed by atoms with E-state index in [1.807, 2.05) is 0 Å². The fourth-order valence-electron chi connectivity index (χ4n) is 7.23. The van der Waals surface area contributed by atoms with Crippen molar-refractivity contribution in [2.75, 3.05) is 13.1 Å². The predicted molar refractivity (Wildman–Crippen MR) is 104 cm³/mol. The molecule has 4 aliphatic carbocycles. The summed E-state index contributed by atoms with van der Waals surface area (Å²) in [4.78, 5) is 16.0. The van der Waals surface area contributed by atoms with Crippen molar-refractivity contribution in [1.29, 1.82) is 0 Å². The number of hydrogen-bond acceptors (Lipinski definition) is 2. The summed E-state index contributed by atoms with van der Waals surface area (Å²) in [6.07, 6.45) is 6.93. The third kappa shape index (κ3) is 2.19. The average molecular weight is 353 g/mol. The number of benzene rings is 1. The first kappa shape index (κ1) is 16.8.